The molecule has 1 fully saturated rings. The van der Waals surface area contributed by atoms with Crippen LogP contribution in [0.4, 0.5) is 29.2 Å². The molecular weight excluding hydrogens is 604 g/mol. The van der Waals surface area contributed by atoms with Gasteiger partial charge in [0, 0.05) is 48.7 Å². The molecule has 2 atom stereocenters. The van der Waals surface area contributed by atoms with Crippen molar-refractivity contribution >= 4 is 32.7 Å². The van der Waals surface area contributed by atoms with Crippen LogP contribution in [0.5, 0.6) is 5.75 Å². The molecule has 1 saturated heterocycles. The van der Waals surface area contributed by atoms with Gasteiger partial charge in [-0.1, -0.05) is 12.1 Å². The molecule has 3 N–H and O–H groups in total. The van der Waals surface area contributed by atoms with Crippen molar-refractivity contribution in [2.45, 2.75) is 44.3 Å². The molecule has 2 aromatic carbocycles. The Labute approximate surface area is 250 Å². The third kappa shape index (κ3) is 6.48. The zero-order valence-corrected chi connectivity index (χ0v) is 24.8. The molecule has 10 nitrogen and oxygen atoms in total. The van der Waals surface area contributed by atoms with Gasteiger partial charge in [-0.05, 0) is 43.7 Å². The fourth-order valence-electron chi connectivity index (χ4n) is 5.06. The van der Waals surface area contributed by atoms with Crippen LogP contribution in [-0.4, -0.2) is 55.4 Å². The molecule has 0 bridgehead atoms. The van der Waals surface area contributed by atoms with Gasteiger partial charge in [0.15, 0.2) is 17.5 Å². The van der Waals surface area contributed by atoms with Crippen LogP contribution in [0.2, 0.25) is 0 Å². The summed E-state index contributed by atoms with van der Waals surface area (Å²) in [4.78, 5) is 22.3. The van der Waals surface area contributed by atoms with Crippen LogP contribution < -0.4 is 25.7 Å². The van der Waals surface area contributed by atoms with Crippen molar-refractivity contribution in [1.29, 1.82) is 0 Å². The first-order chi connectivity index (χ1) is 20.9. The number of sulfonamides is 1. The van der Waals surface area contributed by atoms with Gasteiger partial charge in [-0.2, -0.15) is 4.98 Å². The topological polar surface area (TPSA) is 127 Å². The Bertz CT molecular complexity index is 1870. The van der Waals surface area contributed by atoms with Gasteiger partial charge in [-0.3, -0.25) is 14.1 Å². The molecule has 234 valence electrons. The van der Waals surface area contributed by atoms with Crippen LogP contribution in [-0.2, 0) is 15.8 Å². The van der Waals surface area contributed by atoms with Gasteiger partial charge in [-0.25, -0.2) is 31.0 Å². The molecule has 15 heteroatoms. The van der Waals surface area contributed by atoms with Crippen LogP contribution in [0.1, 0.15) is 31.9 Å². The van der Waals surface area contributed by atoms with E-state index in [9.17, 15) is 17.6 Å². The third-order valence-electron chi connectivity index (χ3n) is 7.14. The number of hydrogen-bond acceptors (Lipinski definition) is 8. The molecule has 0 radical (unpaired) electrons. The summed E-state index contributed by atoms with van der Waals surface area (Å²) in [6.45, 7) is 4.09. The largest absolute Gasteiger partial charge is 0.497 e. The number of anilines is 2. The van der Waals surface area contributed by atoms with Crippen molar-refractivity contribution in [1.82, 2.24) is 19.9 Å². The monoisotopic (exact) mass is 634 g/mol. The number of aromatic nitrogens is 3. The van der Waals surface area contributed by atoms with E-state index >= 15 is 13.2 Å². The number of fused-ring (bicyclic) bond motifs is 1. The number of ether oxygens (including phenoxy) is 1. The maximum absolute atomic E-state index is 15.5. The van der Waals surface area contributed by atoms with Crippen molar-refractivity contribution in [3.05, 3.63) is 76.0 Å². The van der Waals surface area contributed by atoms with Crippen molar-refractivity contribution in [3.63, 3.8) is 0 Å². The minimum atomic E-state index is -4.37. The summed E-state index contributed by atoms with van der Waals surface area (Å²) < 4.78 is 93.2. The minimum absolute atomic E-state index is 0.148. The standard InChI is InChI=1S/C29H30F4N6O4S/c1-15(2)39-27-17(11-35-29(37-27)36-19-9-18(30)12-34-13-19)8-22(28(39)40)21-10-23(31)26(25(33)24(21)32)38-44(41,42)14-16-4-6-20(43-3)7-5-16/h4-8,10-11,15,18-19,34,38H,9,12-14H2,1-3H3,(H,35,36,37)/t18-,19-/m0/s1. The summed E-state index contributed by atoms with van der Waals surface area (Å²) in [6.07, 6.45) is 0.569. The highest BCUT2D eigenvalue weighted by Crippen LogP contribution is 2.32. The Morgan fingerprint density at radius 2 is 1.82 bits per heavy atom. The second kappa shape index (κ2) is 12.4. The third-order valence-corrected chi connectivity index (χ3v) is 8.37. The summed E-state index contributed by atoms with van der Waals surface area (Å²) in [7, 11) is -2.93. The zero-order chi connectivity index (χ0) is 31.8. The number of methoxy groups -OCH3 is 1. The van der Waals surface area contributed by atoms with Gasteiger partial charge in [0.05, 0.1) is 18.4 Å². The molecule has 0 aliphatic carbocycles. The fourth-order valence-corrected chi connectivity index (χ4v) is 6.26. The number of rotatable bonds is 9. The minimum Gasteiger partial charge on any atom is -0.497 e. The molecule has 0 unspecified atom stereocenters. The number of pyridine rings is 1. The highest BCUT2D eigenvalue weighted by Gasteiger charge is 2.27. The van der Waals surface area contributed by atoms with E-state index in [1.165, 1.54) is 48.2 Å². The molecule has 1 aliphatic heterocycles. The smallest absolute Gasteiger partial charge is 0.260 e. The molecule has 0 spiro atoms. The van der Waals surface area contributed by atoms with Crippen molar-refractivity contribution in [3.8, 4) is 16.9 Å². The molecule has 44 heavy (non-hydrogen) atoms. The van der Waals surface area contributed by atoms with E-state index in [2.05, 4.69) is 20.6 Å². The predicted molar refractivity (Wildman–Crippen MR) is 159 cm³/mol. The first-order valence-corrected chi connectivity index (χ1v) is 15.4. The van der Waals surface area contributed by atoms with Crippen LogP contribution in [0.3, 0.4) is 0 Å². The molecule has 3 heterocycles. The second-order valence-electron chi connectivity index (χ2n) is 10.8. The summed E-state index contributed by atoms with van der Waals surface area (Å²) >= 11 is 0. The summed E-state index contributed by atoms with van der Waals surface area (Å²) in [5.74, 6) is -4.87. The SMILES string of the molecule is COc1ccc(CS(=O)(=O)Nc2c(F)cc(-c3cc4cnc(N[C@@H]5CNC[C@@H](F)C5)nc4n(C(C)C)c3=O)c(F)c2F)cc1. The van der Waals surface area contributed by atoms with E-state index in [0.29, 0.717) is 23.9 Å². The highest BCUT2D eigenvalue weighted by atomic mass is 32.2. The van der Waals surface area contributed by atoms with Crippen LogP contribution in [0.25, 0.3) is 22.2 Å². The Hall–Kier alpha value is -4.24. The molecule has 5 rings (SSSR count). The van der Waals surface area contributed by atoms with Gasteiger partial charge < -0.3 is 15.4 Å². The Morgan fingerprint density at radius 3 is 2.48 bits per heavy atom. The lowest BCUT2D eigenvalue weighted by molar-refractivity contribution is 0.254. The van der Waals surface area contributed by atoms with Crippen LogP contribution in [0, 0.1) is 17.5 Å². The summed E-state index contributed by atoms with van der Waals surface area (Å²) in [5, 5.41) is 6.28. The van der Waals surface area contributed by atoms with Gasteiger partial charge in [0.2, 0.25) is 16.0 Å². The van der Waals surface area contributed by atoms with E-state index < -0.39 is 62.3 Å². The Morgan fingerprint density at radius 1 is 1.09 bits per heavy atom. The van der Waals surface area contributed by atoms with Gasteiger partial charge in [0.1, 0.15) is 23.3 Å². The number of halogens is 4. The lowest BCUT2D eigenvalue weighted by Crippen LogP contribution is -2.44. The average Bonchev–Trinajstić information content (AvgIpc) is 2.97. The van der Waals surface area contributed by atoms with Crippen LogP contribution in [0.15, 0.2) is 47.4 Å². The zero-order valence-electron chi connectivity index (χ0n) is 24.0. The number of hydrogen-bond donors (Lipinski definition) is 3. The number of alkyl halides is 1. The van der Waals surface area contributed by atoms with E-state index in [1.807, 2.05) is 0 Å². The summed E-state index contributed by atoms with van der Waals surface area (Å²) in [6, 6.07) is 6.94. The average molecular weight is 635 g/mol. The van der Waals surface area contributed by atoms with E-state index in [1.54, 1.807) is 18.6 Å². The lowest BCUT2D eigenvalue weighted by Gasteiger charge is -2.26. The van der Waals surface area contributed by atoms with Crippen molar-refractivity contribution in [2.75, 3.05) is 30.2 Å². The first-order valence-electron chi connectivity index (χ1n) is 13.7. The number of nitrogens with zero attached hydrogens (tertiary/aromatic N) is 3. The van der Waals surface area contributed by atoms with E-state index in [4.69, 9.17) is 4.74 Å². The van der Waals surface area contributed by atoms with Gasteiger partial charge >= 0.3 is 0 Å². The second-order valence-corrected chi connectivity index (χ2v) is 12.5. The van der Waals surface area contributed by atoms with Gasteiger partial charge in [0.25, 0.3) is 5.56 Å². The quantitative estimate of drug-likeness (QED) is 0.181. The van der Waals surface area contributed by atoms with Crippen molar-refractivity contribution in [2.24, 2.45) is 0 Å². The molecule has 4 aromatic rings. The number of nitrogens with one attached hydrogen (secondary N) is 3. The Balaban J connectivity index is 1.50. The first kappa shape index (κ1) is 31.2. The molecule has 2 aromatic heterocycles. The Kier molecular flexibility index (Phi) is 8.79. The maximum atomic E-state index is 15.5. The van der Waals surface area contributed by atoms with Gasteiger partial charge in [-0.15, -0.1) is 0 Å². The molecule has 0 amide bonds. The highest BCUT2D eigenvalue weighted by molar-refractivity contribution is 7.91. The number of benzene rings is 2. The molecule has 0 saturated carbocycles. The van der Waals surface area contributed by atoms with Crippen LogP contribution >= 0.6 is 0 Å². The normalized spacial score (nSPS) is 17.2. The fraction of sp³-hybridized carbons (Fsp3) is 0.345. The van der Waals surface area contributed by atoms with E-state index in [-0.39, 0.29) is 41.6 Å². The van der Waals surface area contributed by atoms with E-state index in [0.717, 1.165) is 0 Å². The maximum Gasteiger partial charge on any atom is 0.260 e. The predicted octanol–water partition coefficient (Wildman–Crippen LogP) is 4.52. The number of piperidine rings is 1. The lowest BCUT2D eigenvalue weighted by atomic mass is 10.0. The molecular formula is C29H30F4N6O4S. The van der Waals surface area contributed by atoms with Crippen molar-refractivity contribution < 1.29 is 30.7 Å². The molecule has 1 aliphatic rings. The summed E-state index contributed by atoms with van der Waals surface area (Å²) in [5.41, 5.74) is -2.61.